The van der Waals surface area contributed by atoms with Gasteiger partial charge in [-0.05, 0) is 0 Å². The van der Waals surface area contributed by atoms with Crippen LogP contribution in [0.15, 0.2) is 12.7 Å². The molecule has 0 bridgehead atoms. The minimum absolute atomic E-state index is 0.462. The van der Waals surface area contributed by atoms with Crippen molar-refractivity contribution in [1.82, 2.24) is 0 Å². The van der Waals surface area contributed by atoms with Gasteiger partial charge in [-0.15, -0.1) is 0 Å². The average molecular weight is 412 g/mol. The first kappa shape index (κ1) is 22.0. The number of allylic oxidation sites excluding steroid dienone is 1. The molecule has 0 amide bonds. The number of rotatable bonds is 15. The second-order valence-electron chi connectivity index (χ2n) is 6.93. The van der Waals surface area contributed by atoms with Crippen molar-refractivity contribution in [2.45, 2.75) is 102 Å². The Labute approximate surface area is 144 Å². The van der Waals surface area contributed by atoms with E-state index < -0.39 is 18.4 Å². The molecule has 0 radical (unpaired) electrons. The van der Waals surface area contributed by atoms with E-state index in [1.165, 1.54) is 71.1 Å². The van der Waals surface area contributed by atoms with E-state index in [4.69, 9.17) is 0 Å². The summed E-state index contributed by atoms with van der Waals surface area (Å²) in [5.74, 6) is 0. The van der Waals surface area contributed by atoms with Gasteiger partial charge in [0.25, 0.3) is 0 Å². The van der Waals surface area contributed by atoms with Crippen molar-refractivity contribution in [3.05, 3.63) is 12.7 Å². The van der Waals surface area contributed by atoms with Gasteiger partial charge in [0.1, 0.15) is 0 Å². The average Bonchev–Trinajstić information content (AvgIpc) is 2.55. The van der Waals surface area contributed by atoms with Gasteiger partial charge in [-0.25, -0.2) is 0 Å². The molecule has 0 rings (SSSR count). The molecule has 0 N–H and O–H groups in total. The third-order valence-electron chi connectivity index (χ3n) is 5.13. The molecule has 0 heterocycles. The summed E-state index contributed by atoms with van der Waals surface area (Å²) in [6, 6.07) is 2.81. The van der Waals surface area contributed by atoms with E-state index >= 15 is 0 Å². The van der Waals surface area contributed by atoms with Gasteiger partial charge in [-0.2, -0.15) is 0 Å². The van der Waals surface area contributed by atoms with Gasteiger partial charge < -0.3 is 0 Å². The van der Waals surface area contributed by atoms with Crippen LogP contribution in [0.5, 0.6) is 0 Å². The molecule has 0 saturated heterocycles. The van der Waals surface area contributed by atoms with Crippen molar-refractivity contribution < 1.29 is 0 Å². The summed E-state index contributed by atoms with van der Waals surface area (Å²) in [4.78, 5) is 0. The predicted molar refractivity (Wildman–Crippen MR) is 103 cm³/mol. The van der Waals surface area contributed by atoms with Crippen LogP contribution in [0.2, 0.25) is 17.2 Å². The minimum atomic E-state index is -2.31. The van der Waals surface area contributed by atoms with E-state index in [-0.39, 0.29) is 0 Å². The number of hydrogen-bond acceptors (Lipinski definition) is 1. The predicted octanol–water partition coefficient (Wildman–Crippen LogP) is 7.48. The normalized spacial score (nSPS) is 12.8. The molecule has 1 nitrogen and oxygen atoms in total. The third-order valence-corrected chi connectivity index (χ3v) is 22.1. The van der Waals surface area contributed by atoms with Gasteiger partial charge in [0.05, 0.1) is 0 Å². The van der Waals surface area contributed by atoms with Crippen LogP contribution in [0, 0.1) is 11.3 Å². The van der Waals surface area contributed by atoms with Crippen molar-refractivity contribution in [3.63, 3.8) is 0 Å². The Morgan fingerprint density at radius 3 is 1.77 bits per heavy atom. The first-order valence-electron chi connectivity index (χ1n) is 9.71. The van der Waals surface area contributed by atoms with Crippen molar-refractivity contribution in [1.29, 1.82) is 5.26 Å². The fourth-order valence-electron chi connectivity index (χ4n) is 3.63. The van der Waals surface area contributed by atoms with Crippen molar-refractivity contribution in [2.24, 2.45) is 0 Å². The summed E-state index contributed by atoms with van der Waals surface area (Å²) in [6.45, 7) is 10.7. The Kier molecular flexibility index (Phi) is 14.6. The van der Waals surface area contributed by atoms with Gasteiger partial charge in [0.2, 0.25) is 0 Å². The molecule has 128 valence electrons. The van der Waals surface area contributed by atoms with Crippen molar-refractivity contribution in [2.75, 3.05) is 0 Å². The Bertz CT molecular complexity index is 284. The van der Waals surface area contributed by atoms with Crippen LogP contribution < -0.4 is 0 Å². The molecule has 0 aromatic carbocycles. The molecular formula is C20H39NSn. The number of nitriles is 1. The molecule has 0 fully saturated rings. The molecule has 1 unspecified atom stereocenters. The van der Waals surface area contributed by atoms with Gasteiger partial charge in [0, 0.05) is 0 Å². The molecule has 0 aliphatic rings. The maximum absolute atomic E-state index is 9.90. The standard InChI is InChI=1S/C8H12N.3C4H9.Sn/c1-2-3-4-5-6-7-8-9;3*1-3-4-2;/h2,7H,1,3-6H2;3*1,3-4H2,2H3;. The number of hydrogen-bond donors (Lipinski definition) is 0. The molecular weight excluding hydrogens is 373 g/mol. The summed E-state index contributed by atoms with van der Waals surface area (Å²) in [7, 11) is 0. The van der Waals surface area contributed by atoms with Gasteiger partial charge in [0.15, 0.2) is 0 Å². The fraction of sp³-hybridized carbons (Fsp3) is 0.850. The van der Waals surface area contributed by atoms with E-state index in [2.05, 4.69) is 33.4 Å². The monoisotopic (exact) mass is 413 g/mol. The van der Waals surface area contributed by atoms with Gasteiger partial charge >= 0.3 is 145 Å². The first-order chi connectivity index (χ1) is 10.7. The summed E-state index contributed by atoms with van der Waals surface area (Å²) >= 11 is -2.31. The molecule has 0 spiro atoms. The summed E-state index contributed by atoms with van der Waals surface area (Å²) in [5.41, 5.74) is 0. The van der Waals surface area contributed by atoms with Crippen molar-refractivity contribution in [3.8, 4) is 6.07 Å². The topological polar surface area (TPSA) is 23.8 Å². The van der Waals surface area contributed by atoms with Crippen LogP contribution in [0.3, 0.4) is 0 Å². The Hall–Kier alpha value is 0.0287. The SMILES string of the molecule is C=CCCCC[CH](C#N)[Sn]([CH2]CCC)([CH2]CCC)[CH2]CCC. The van der Waals surface area contributed by atoms with Crippen LogP contribution >= 0.6 is 0 Å². The Morgan fingerprint density at radius 2 is 1.41 bits per heavy atom. The van der Waals surface area contributed by atoms with Gasteiger partial charge in [-0.1, -0.05) is 0 Å². The number of nitrogens with zero attached hydrogens (tertiary/aromatic N) is 1. The van der Waals surface area contributed by atoms with E-state index in [0.717, 1.165) is 6.42 Å². The van der Waals surface area contributed by atoms with Crippen LogP contribution in [0.4, 0.5) is 0 Å². The molecule has 0 aromatic heterocycles. The summed E-state index contributed by atoms with van der Waals surface area (Å²) in [6.07, 6.45) is 14.8. The zero-order valence-corrected chi connectivity index (χ0v) is 18.4. The van der Waals surface area contributed by atoms with E-state index in [9.17, 15) is 5.26 Å². The zero-order chi connectivity index (χ0) is 16.7. The molecule has 2 heteroatoms. The van der Waals surface area contributed by atoms with Crippen LogP contribution in [-0.2, 0) is 0 Å². The Morgan fingerprint density at radius 1 is 0.909 bits per heavy atom. The van der Waals surface area contributed by atoms with Crippen LogP contribution in [0.25, 0.3) is 0 Å². The van der Waals surface area contributed by atoms with Crippen molar-refractivity contribution >= 4 is 18.4 Å². The van der Waals surface area contributed by atoms with E-state index in [0.29, 0.717) is 3.93 Å². The zero-order valence-electron chi connectivity index (χ0n) is 15.5. The first-order valence-corrected chi connectivity index (χ1v) is 17.4. The van der Waals surface area contributed by atoms with E-state index in [1.54, 1.807) is 0 Å². The fourth-order valence-corrected chi connectivity index (χ4v) is 20.9. The van der Waals surface area contributed by atoms with E-state index in [1.807, 2.05) is 6.08 Å². The molecule has 0 saturated carbocycles. The molecule has 0 aromatic rings. The van der Waals surface area contributed by atoms with Crippen LogP contribution in [0.1, 0.15) is 85.0 Å². The molecule has 1 atom stereocenters. The summed E-state index contributed by atoms with van der Waals surface area (Å²) < 4.78 is 4.85. The van der Waals surface area contributed by atoms with Gasteiger partial charge in [-0.3, -0.25) is 0 Å². The number of unbranched alkanes of at least 4 members (excludes halogenated alkanes) is 5. The molecule has 0 aliphatic heterocycles. The molecule has 22 heavy (non-hydrogen) atoms. The quantitative estimate of drug-likeness (QED) is 0.155. The molecule has 0 aliphatic carbocycles. The second kappa shape index (κ2) is 14.6. The van der Waals surface area contributed by atoms with Crippen LogP contribution in [-0.4, -0.2) is 18.4 Å². The maximum atomic E-state index is 9.90. The second-order valence-corrected chi connectivity index (χ2v) is 21.0. The summed E-state index contributed by atoms with van der Waals surface area (Å²) in [5, 5.41) is 9.90. The Balaban J connectivity index is 4.97. The third kappa shape index (κ3) is 8.61.